The van der Waals surface area contributed by atoms with Gasteiger partial charge in [0.25, 0.3) is 0 Å². The highest BCUT2D eigenvalue weighted by Crippen LogP contribution is 2.29. The van der Waals surface area contributed by atoms with E-state index >= 15 is 0 Å². The van der Waals surface area contributed by atoms with Gasteiger partial charge in [-0.25, -0.2) is 9.07 Å². The van der Waals surface area contributed by atoms with E-state index in [9.17, 15) is 9.18 Å². The fourth-order valence-corrected chi connectivity index (χ4v) is 4.73. The van der Waals surface area contributed by atoms with Crippen LogP contribution in [0.3, 0.4) is 0 Å². The predicted octanol–water partition coefficient (Wildman–Crippen LogP) is 5.23. The van der Waals surface area contributed by atoms with Crippen LogP contribution in [0.2, 0.25) is 0 Å². The summed E-state index contributed by atoms with van der Waals surface area (Å²) in [6.45, 7) is 3.80. The zero-order chi connectivity index (χ0) is 18.7. The molecular formula is C18H16FN3OS3. The van der Waals surface area contributed by atoms with Crippen LogP contribution >= 0.6 is 35.3 Å². The molecule has 26 heavy (non-hydrogen) atoms. The Balaban J connectivity index is 1.72. The lowest BCUT2D eigenvalue weighted by molar-refractivity contribution is -0.115. The summed E-state index contributed by atoms with van der Waals surface area (Å²) in [5, 5.41) is 6.95. The Morgan fingerprint density at radius 1 is 1.27 bits per heavy atom. The number of thioether (sulfide) groups is 1. The Bertz CT molecular complexity index is 982. The summed E-state index contributed by atoms with van der Waals surface area (Å²) in [7, 11) is 0. The number of carbonyl (C=O) groups is 1. The summed E-state index contributed by atoms with van der Waals surface area (Å²) in [4.78, 5) is 12.3. The molecule has 0 radical (unpaired) electrons. The van der Waals surface area contributed by atoms with Crippen molar-refractivity contribution in [1.82, 2.24) is 9.78 Å². The Kier molecular flexibility index (Phi) is 5.85. The maximum atomic E-state index is 12.9. The highest BCUT2D eigenvalue weighted by atomic mass is 32.2. The minimum atomic E-state index is -0.370. The molecule has 0 unspecified atom stereocenters. The summed E-state index contributed by atoms with van der Waals surface area (Å²) in [5.41, 5.74) is 2.57. The molecule has 4 nitrogen and oxygen atoms in total. The van der Waals surface area contributed by atoms with Gasteiger partial charge < -0.3 is 5.32 Å². The number of aryl methyl sites for hydroxylation is 1. The molecule has 134 valence electrons. The zero-order valence-electron chi connectivity index (χ0n) is 14.1. The molecule has 0 saturated heterocycles. The second-order valence-corrected chi connectivity index (χ2v) is 8.80. The largest absolute Gasteiger partial charge is 0.325 e. The Labute approximate surface area is 164 Å². The SMILES string of the molecule is Cc1ccccc1-n1nc(S[C@@H](C)C(=O)Nc2ccc(F)cc2)sc1=S. The van der Waals surface area contributed by atoms with E-state index in [-0.39, 0.29) is 17.0 Å². The molecular weight excluding hydrogens is 389 g/mol. The minimum absolute atomic E-state index is 0.176. The van der Waals surface area contributed by atoms with Crippen molar-refractivity contribution in [2.45, 2.75) is 23.4 Å². The molecule has 1 aromatic heterocycles. The summed E-state index contributed by atoms with van der Waals surface area (Å²) in [6, 6.07) is 13.5. The van der Waals surface area contributed by atoms with E-state index in [1.54, 1.807) is 11.6 Å². The van der Waals surface area contributed by atoms with Gasteiger partial charge >= 0.3 is 0 Å². The third kappa shape index (κ3) is 4.38. The average molecular weight is 406 g/mol. The van der Waals surface area contributed by atoms with Gasteiger partial charge in [-0.1, -0.05) is 41.3 Å². The fourth-order valence-electron chi connectivity index (χ4n) is 2.24. The van der Waals surface area contributed by atoms with Crippen molar-refractivity contribution in [2.24, 2.45) is 0 Å². The van der Waals surface area contributed by atoms with Crippen LogP contribution in [0.25, 0.3) is 5.69 Å². The third-order valence-corrected chi connectivity index (χ3v) is 6.05. The maximum absolute atomic E-state index is 12.9. The molecule has 0 bridgehead atoms. The number of hydrogen-bond acceptors (Lipinski definition) is 5. The number of rotatable bonds is 5. The molecule has 0 fully saturated rings. The van der Waals surface area contributed by atoms with Gasteiger partial charge in [0, 0.05) is 5.69 Å². The van der Waals surface area contributed by atoms with E-state index in [4.69, 9.17) is 12.2 Å². The molecule has 1 amide bonds. The number of nitrogens with zero attached hydrogens (tertiary/aromatic N) is 2. The van der Waals surface area contributed by atoms with E-state index < -0.39 is 0 Å². The Morgan fingerprint density at radius 2 is 1.96 bits per heavy atom. The van der Waals surface area contributed by atoms with E-state index in [0.717, 1.165) is 15.6 Å². The first-order chi connectivity index (χ1) is 12.4. The van der Waals surface area contributed by atoms with Crippen LogP contribution in [-0.2, 0) is 4.79 Å². The smallest absolute Gasteiger partial charge is 0.237 e. The highest BCUT2D eigenvalue weighted by molar-refractivity contribution is 8.02. The number of aromatic nitrogens is 2. The van der Waals surface area contributed by atoms with Crippen LogP contribution in [0.5, 0.6) is 0 Å². The minimum Gasteiger partial charge on any atom is -0.325 e. The van der Waals surface area contributed by atoms with E-state index in [2.05, 4.69) is 10.4 Å². The standard InChI is InChI=1S/C18H16FN3OS3/c1-11-5-3-4-6-15(11)22-18(24)26-17(21-22)25-12(2)16(23)20-14-9-7-13(19)8-10-14/h3-10,12H,1-2H3,(H,20,23)/t12-/m0/s1. The van der Waals surface area contributed by atoms with Crippen LogP contribution in [0.4, 0.5) is 10.1 Å². The van der Waals surface area contributed by atoms with Crippen molar-refractivity contribution in [2.75, 3.05) is 5.32 Å². The number of halogens is 1. The third-order valence-electron chi connectivity index (χ3n) is 3.63. The second kappa shape index (κ2) is 8.11. The molecule has 8 heteroatoms. The summed E-state index contributed by atoms with van der Waals surface area (Å²) in [6.07, 6.45) is 0. The lowest BCUT2D eigenvalue weighted by Crippen LogP contribution is -2.22. The van der Waals surface area contributed by atoms with E-state index in [1.165, 1.54) is 47.4 Å². The molecule has 0 aliphatic heterocycles. The lowest BCUT2D eigenvalue weighted by Gasteiger charge is -2.10. The number of anilines is 1. The molecule has 3 aromatic rings. The lowest BCUT2D eigenvalue weighted by atomic mass is 10.2. The van der Waals surface area contributed by atoms with Gasteiger partial charge in [-0.3, -0.25) is 4.79 Å². The summed E-state index contributed by atoms with van der Waals surface area (Å²) >= 11 is 8.14. The monoisotopic (exact) mass is 405 g/mol. The van der Waals surface area contributed by atoms with Crippen molar-refractivity contribution >= 4 is 46.9 Å². The fraction of sp³-hybridized carbons (Fsp3) is 0.167. The van der Waals surface area contributed by atoms with Crippen LogP contribution in [0.1, 0.15) is 12.5 Å². The van der Waals surface area contributed by atoms with Crippen molar-refractivity contribution in [3.05, 3.63) is 63.9 Å². The maximum Gasteiger partial charge on any atom is 0.237 e. The molecule has 0 aliphatic rings. The first kappa shape index (κ1) is 18.8. The van der Waals surface area contributed by atoms with Crippen molar-refractivity contribution in [3.8, 4) is 5.69 Å². The van der Waals surface area contributed by atoms with Crippen LogP contribution in [-0.4, -0.2) is 20.9 Å². The number of para-hydroxylation sites is 1. The van der Waals surface area contributed by atoms with Crippen LogP contribution in [0, 0.1) is 16.7 Å². The molecule has 0 spiro atoms. The average Bonchev–Trinajstić information content (AvgIpc) is 2.97. The second-order valence-electron chi connectivity index (χ2n) is 5.59. The molecule has 1 atom stereocenters. The number of carbonyl (C=O) groups excluding carboxylic acids is 1. The molecule has 1 heterocycles. The molecule has 2 aromatic carbocycles. The van der Waals surface area contributed by atoms with E-state index in [1.807, 2.05) is 31.2 Å². The first-order valence-electron chi connectivity index (χ1n) is 7.83. The van der Waals surface area contributed by atoms with Crippen molar-refractivity contribution < 1.29 is 9.18 Å². The topological polar surface area (TPSA) is 46.9 Å². The van der Waals surface area contributed by atoms with Gasteiger partial charge in [-0.15, -0.1) is 5.10 Å². The number of hydrogen-bond donors (Lipinski definition) is 1. The molecule has 0 aliphatic carbocycles. The van der Waals surface area contributed by atoms with E-state index in [0.29, 0.717) is 9.64 Å². The normalized spacial score (nSPS) is 12.0. The van der Waals surface area contributed by atoms with Gasteiger partial charge in [-0.05, 0) is 62.0 Å². The van der Waals surface area contributed by atoms with Crippen LogP contribution < -0.4 is 5.32 Å². The van der Waals surface area contributed by atoms with Gasteiger partial charge in [0.2, 0.25) is 5.91 Å². The number of amides is 1. The van der Waals surface area contributed by atoms with Crippen molar-refractivity contribution in [3.63, 3.8) is 0 Å². The summed E-state index contributed by atoms with van der Waals surface area (Å²) < 4.78 is 16.0. The van der Waals surface area contributed by atoms with Gasteiger partial charge in [-0.2, -0.15) is 0 Å². The number of nitrogens with one attached hydrogen (secondary N) is 1. The molecule has 1 N–H and O–H groups in total. The van der Waals surface area contributed by atoms with Gasteiger partial charge in [0.15, 0.2) is 8.29 Å². The van der Waals surface area contributed by atoms with Crippen LogP contribution in [0.15, 0.2) is 52.9 Å². The zero-order valence-corrected chi connectivity index (χ0v) is 16.6. The highest BCUT2D eigenvalue weighted by Gasteiger charge is 2.18. The molecule has 3 rings (SSSR count). The predicted molar refractivity (Wildman–Crippen MR) is 107 cm³/mol. The summed E-state index contributed by atoms with van der Waals surface area (Å²) in [5.74, 6) is -0.517. The Hall–Kier alpha value is -2.03. The van der Waals surface area contributed by atoms with Crippen molar-refractivity contribution in [1.29, 1.82) is 0 Å². The first-order valence-corrected chi connectivity index (χ1v) is 9.94. The van der Waals surface area contributed by atoms with Gasteiger partial charge in [0.1, 0.15) is 5.82 Å². The molecule has 0 saturated carbocycles. The number of benzene rings is 2. The quantitative estimate of drug-likeness (QED) is 0.466. The van der Waals surface area contributed by atoms with Gasteiger partial charge in [0.05, 0.1) is 10.9 Å². The Morgan fingerprint density at radius 3 is 2.65 bits per heavy atom.